The van der Waals surface area contributed by atoms with Crippen LogP contribution in [0.25, 0.3) is 39.1 Å². The Balaban J connectivity index is 1.29. The number of phenols is 1. The number of benzene rings is 2. The zero-order chi connectivity index (χ0) is 23.9. The fourth-order valence-electron chi connectivity index (χ4n) is 5.40. The van der Waals surface area contributed by atoms with E-state index in [-0.39, 0.29) is 17.1 Å². The molecule has 4 aromatic rings. The van der Waals surface area contributed by atoms with Gasteiger partial charge >= 0.3 is 0 Å². The Morgan fingerprint density at radius 2 is 2.09 bits per heavy atom. The summed E-state index contributed by atoms with van der Waals surface area (Å²) in [6.45, 7) is 6.17. The molecular formula is C27H29FN6O. The summed E-state index contributed by atoms with van der Waals surface area (Å²) < 4.78 is 15.6. The largest absolute Gasteiger partial charge is 0.508 e. The zero-order valence-electron chi connectivity index (χ0n) is 19.7. The smallest absolute Gasteiger partial charge is 0.159 e. The maximum Gasteiger partial charge on any atom is 0.159 e. The van der Waals surface area contributed by atoms with Crippen LogP contribution in [0.3, 0.4) is 0 Å². The van der Waals surface area contributed by atoms with E-state index in [2.05, 4.69) is 36.5 Å². The van der Waals surface area contributed by atoms with Crippen LogP contribution in [0.15, 0.2) is 42.6 Å². The van der Waals surface area contributed by atoms with Crippen molar-refractivity contribution in [3.8, 4) is 28.4 Å². The van der Waals surface area contributed by atoms with E-state index in [0.717, 1.165) is 49.4 Å². The van der Waals surface area contributed by atoms with Gasteiger partial charge in [0.1, 0.15) is 17.0 Å². The number of H-pyrrole nitrogens is 2. The highest BCUT2D eigenvalue weighted by Gasteiger charge is 2.25. The second kappa shape index (κ2) is 8.94. The molecule has 2 aromatic heterocycles. The summed E-state index contributed by atoms with van der Waals surface area (Å²) in [5, 5.41) is 21.2. The first-order chi connectivity index (χ1) is 17.1. The monoisotopic (exact) mass is 472 g/mol. The van der Waals surface area contributed by atoms with Gasteiger partial charge in [0.05, 0.1) is 11.9 Å². The number of aromatic amines is 2. The van der Waals surface area contributed by atoms with Crippen molar-refractivity contribution in [1.29, 1.82) is 0 Å². The Bertz CT molecular complexity index is 1410. The Morgan fingerprint density at radius 1 is 1.20 bits per heavy atom. The summed E-state index contributed by atoms with van der Waals surface area (Å²) in [7, 11) is 0. The molecule has 0 radical (unpaired) electrons. The maximum absolute atomic E-state index is 15.6. The molecule has 1 saturated heterocycles. The van der Waals surface area contributed by atoms with E-state index >= 15 is 4.39 Å². The number of nitrogens with one attached hydrogen (secondary N) is 3. The van der Waals surface area contributed by atoms with Crippen LogP contribution in [0.1, 0.15) is 31.0 Å². The van der Waals surface area contributed by atoms with Gasteiger partial charge in [0, 0.05) is 36.6 Å². The van der Waals surface area contributed by atoms with Crippen molar-refractivity contribution in [2.24, 2.45) is 0 Å². The molecule has 2 aromatic carbocycles. The lowest BCUT2D eigenvalue weighted by Crippen LogP contribution is -2.39. The number of imidazole rings is 1. The number of nitrogens with zero attached hydrogens (tertiary/aromatic N) is 3. The van der Waals surface area contributed by atoms with E-state index in [1.54, 1.807) is 24.3 Å². The SMILES string of the molecule is CCc1cc(O)ccc1-c1ccc2c(-c3ncc(C4=CCN(C5CCNC5)CC4)[nH]3)[nH]nc2c1F. The van der Waals surface area contributed by atoms with Crippen LogP contribution in [0.4, 0.5) is 4.39 Å². The summed E-state index contributed by atoms with van der Waals surface area (Å²) in [5.74, 6) is 0.449. The molecule has 2 aliphatic rings. The van der Waals surface area contributed by atoms with Gasteiger partial charge in [-0.1, -0.05) is 25.1 Å². The van der Waals surface area contributed by atoms with Crippen LogP contribution in [0.5, 0.6) is 5.75 Å². The van der Waals surface area contributed by atoms with Crippen molar-refractivity contribution in [2.45, 2.75) is 32.2 Å². The maximum atomic E-state index is 15.6. The number of fused-ring (bicyclic) bond motifs is 1. The van der Waals surface area contributed by atoms with Gasteiger partial charge in [0.2, 0.25) is 0 Å². The highest BCUT2D eigenvalue weighted by Crippen LogP contribution is 2.35. The van der Waals surface area contributed by atoms with Gasteiger partial charge in [-0.2, -0.15) is 5.10 Å². The Labute approximate surface area is 203 Å². The number of rotatable bonds is 5. The molecule has 7 nitrogen and oxygen atoms in total. The molecule has 4 heterocycles. The van der Waals surface area contributed by atoms with Crippen molar-refractivity contribution < 1.29 is 9.50 Å². The lowest BCUT2D eigenvalue weighted by molar-refractivity contribution is 0.230. The predicted molar refractivity (Wildman–Crippen MR) is 136 cm³/mol. The molecule has 1 atom stereocenters. The van der Waals surface area contributed by atoms with Crippen LogP contribution in [-0.4, -0.2) is 62.4 Å². The molecule has 0 aliphatic carbocycles. The van der Waals surface area contributed by atoms with E-state index in [0.29, 0.717) is 34.9 Å². The Kier molecular flexibility index (Phi) is 5.62. The molecule has 35 heavy (non-hydrogen) atoms. The zero-order valence-corrected chi connectivity index (χ0v) is 19.7. The molecule has 180 valence electrons. The standard InChI is InChI=1S/C27H29FN6O/c1-2-16-13-19(35)3-4-20(16)21-5-6-22-25(24(21)28)32-33-26(22)27-30-15-23(31-27)17-8-11-34(12-9-17)18-7-10-29-14-18/h3-6,8,13,15,18,29,35H,2,7,9-12,14H2,1H3,(H,30,31)(H,32,33). The minimum Gasteiger partial charge on any atom is -0.508 e. The third-order valence-electron chi connectivity index (χ3n) is 7.37. The molecule has 1 fully saturated rings. The highest BCUT2D eigenvalue weighted by molar-refractivity contribution is 5.94. The predicted octanol–water partition coefficient (Wildman–Crippen LogP) is 4.48. The number of aryl methyl sites for hydroxylation is 1. The summed E-state index contributed by atoms with van der Waals surface area (Å²) in [6.07, 6.45) is 7.03. The molecule has 0 spiro atoms. The van der Waals surface area contributed by atoms with Crippen LogP contribution < -0.4 is 5.32 Å². The van der Waals surface area contributed by atoms with E-state index < -0.39 is 0 Å². The highest BCUT2D eigenvalue weighted by atomic mass is 19.1. The van der Waals surface area contributed by atoms with Crippen molar-refractivity contribution in [3.05, 3.63) is 59.7 Å². The average molecular weight is 473 g/mol. The summed E-state index contributed by atoms with van der Waals surface area (Å²) >= 11 is 0. The van der Waals surface area contributed by atoms with Gasteiger partial charge in [-0.05, 0) is 60.7 Å². The number of hydrogen-bond donors (Lipinski definition) is 4. The van der Waals surface area contributed by atoms with Crippen molar-refractivity contribution >= 4 is 16.5 Å². The van der Waals surface area contributed by atoms with Crippen LogP contribution in [0.2, 0.25) is 0 Å². The molecular weight excluding hydrogens is 443 g/mol. The van der Waals surface area contributed by atoms with Crippen LogP contribution in [-0.2, 0) is 6.42 Å². The van der Waals surface area contributed by atoms with Gasteiger partial charge in [0.15, 0.2) is 11.6 Å². The second-order valence-electron chi connectivity index (χ2n) is 9.38. The van der Waals surface area contributed by atoms with Crippen LogP contribution in [0, 0.1) is 5.82 Å². The first-order valence-corrected chi connectivity index (χ1v) is 12.3. The van der Waals surface area contributed by atoms with Gasteiger partial charge in [-0.3, -0.25) is 10.00 Å². The van der Waals surface area contributed by atoms with E-state index in [4.69, 9.17) is 0 Å². The second-order valence-corrected chi connectivity index (χ2v) is 9.38. The van der Waals surface area contributed by atoms with E-state index in [1.807, 2.05) is 19.2 Å². The van der Waals surface area contributed by atoms with Gasteiger partial charge in [-0.15, -0.1) is 0 Å². The molecule has 0 bridgehead atoms. The Hall–Kier alpha value is -3.49. The van der Waals surface area contributed by atoms with Gasteiger partial charge < -0.3 is 15.4 Å². The molecule has 6 rings (SSSR count). The average Bonchev–Trinajstić information content (AvgIpc) is 3.65. The van der Waals surface area contributed by atoms with Crippen molar-refractivity contribution in [3.63, 3.8) is 0 Å². The minimum atomic E-state index is -0.381. The first-order valence-electron chi connectivity index (χ1n) is 12.3. The summed E-state index contributed by atoms with van der Waals surface area (Å²) in [6, 6.07) is 9.33. The van der Waals surface area contributed by atoms with E-state index in [9.17, 15) is 5.11 Å². The van der Waals surface area contributed by atoms with Gasteiger partial charge in [-0.25, -0.2) is 9.37 Å². The quantitative estimate of drug-likeness (QED) is 0.344. The third kappa shape index (κ3) is 3.92. The lowest BCUT2D eigenvalue weighted by atomic mass is 9.96. The molecule has 1 unspecified atom stereocenters. The fraction of sp³-hybridized carbons (Fsp3) is 0.333. The first kappa shape index (κ1) is 22.0. The molecule has 0 amide bonds. The third-order valence-corrected chi connectivity index (χ3v) is 7.37. The number of hydrogen-bond acceptors (Lipinski definition) is 5. The van der Waals surface area contributed by atoms with Crippen molar-refractivity contribution in [1.82, 2.24) is 30.4 Å². The van der Waals surface area contributed by atoms with E-state index in [1.165, 1.54) is 12.0 Å². The number of aromatic hydroxyl groups is 1. The number of aromatic nitrogens is 4. The summed E-state index contributed by atoms with van der Waals surface area (Å²) in [4.78, 5) is 10.5. The molecule has 0 saturated carbocycles. The number of phenolic OH excluding ortho intramolecular Hbond substituents is 1. The topological polar surface area (TPSA) is 92.9 Å². The Morgan fingerprint density at radius 3 is 2.86 bits per heavy atom. The normalized spacial score (nSPS) is 18.9. The lowest BCUT2D eigenvalue weighted by Gasteiger charge is -2.30. The minimum absolute atomic E-state index is 0.180. The van der Waals surface area contributed by atoms with Crippen molar-refractivity contribution in [2.75, 3.05) is 26.2 Å². The van der Waals surface area contributed by atoms with Crippen LogP contribution >= 0.6 is 0 Å². The fourth-order valence-corrected chi connectivity index (χ4v) is 5.40. The molecule has 8 heteroatoms. The van der Waals surface area contributed by atoms with Gasteiger partial charge in [0.25, 0.3) is 0 Å². The number of halogens is 1. The molecule has 4 N–H and O–H groups in total. The summed E-state index contributed by atoms with van der Waals surface area (Å²) in [5.41, 5.74) is 5.35. The molecule has 2 aliphatic heterocycles.